The van der Waals surface area contributed by atoms with E-state index in [4.69, 9.17) is 4.42 Å². The first-order valence-corrected chi connectivity index (χ1v) is 7.29. The number of halogens is 1. The molecule has 6 nitrogen and oxygen atoms in total. The van der Waals surface area contributed by atoms with E-state index in [0.717, 1.165) is 5.39 Å². The van der Waals surface area contributed by atoms with Crippen molar-refractivity contribution in [3.05, 3.63) is 59.4 Å². The van der Waals surface area contributed by atoms with Crippen LogP contribution in [0.5, 0.6) is 0 Å². The quantitative estimate of drug-likeness (QED) is 0.670. The molecular formula is C17H15FN2O4. The van der Waals surface area contributed by atoms with Crippen LogP contribution in [0.2, 0.25) is 0 Å². The van der Waals surface area contributed by atoms with E-state index in [1.165, 1.54) is 24.5 Å². The maximum absolute atomic E-state index is 13.2. The summed E-state index contributed by atoms with van der Waals surface area (Å²) in [5.74, 6) is -1.63. The van der Waals surface area contributed by atoms with Crippen molar-refractivity contribution in [1.82, 2.24) is 10.3 Å². The highest BCUT2D eigenvalue weighted by atomic mass is 19.1. The molecule has 1 amide bonds. The van der Waals surface area contributed by atoms with Gasteiger partial charge in [-0.25, -0.2) is 9.18 Å². The van der Waals surface area contributed by atoms with Crippen molar-refractivity contribution in [2.24, 2.45) is 0 Å². The molecule has 0 fully saturated rings. The van der Waals surface area contributed by atoms with Gasteiger partial charge in [-0.05, 0) is 36.8 Å². The Morgan fingerprint density at radius 3 is 2.83 bits per heavy atom. The monoisotopic (exact) mass is 330 g/mol. The molecule has 7 heteroatoms. The first-order valence-electron chi connectivity index (χ1n) is 7.29. The molecule has 1 aromatic carbocycles. The number of nitrogens with one attached hydrogen (secondary N) is 2. The summed E-state index contributed by atoms with van der Waals surface area (Å²) >= 11 is 0. The number of aromatic amines is 1. The number of carboxylic acid groups (broad SMARTS) is 1. The Labute approximate surface area is 136 Å². The van der Waals surface area contributed by atoms with Crippen LogP contribution in [-0.2, 0) is 11.2 Å². The molecule has 3 rings (SSSR count). The fourth-order valence-electron chi connectivity index (χ4n) is 2.60. The average Bonchev–Trinajstić information content (AvgIpc) is 3.12. The van der Waals surface area contributed by atoms with Crippen molar-refractivity contribution in [3.8, 4) is 0 Å². The van der Waals surface area contributed by atoms with Crippen molar-refractivity contribution in [3.63, 3.8) is 0 Å². The second kappa shape index (κ2) is 6.19. The van der Waals surface area contributed by atoms with Crippen LogP contribution in [0.1, 0.15) is 21.7 Å². The summed E-state index contributed by atoms with van der Waals surface area (Å²) in [6.45, 7) is 1.62. The highest BCUT2D eigenvalue weighted by Gasteiger charge is 2.23. The van der Waals surface area contributed by atoms with E-state index in [-0.39, 0.29) is 12.2 Å². The summed E-state index contributed by atoms with van der Waals surface area (Å²) < 4.78 is 18.3. The Morgan fingerprint density at radius 1 is 1.38 bits per heavy atom. The molecule has 0 spiro atoms. The summed E-state index contributed by atoms with van der Waals surface area (Å²) in [5.41, 5.74) is 1.55. The molecule has 1 atom stereocenters. The van der Waals surface area contributed by atoms with E-state index in [9.17, 15) is 19.1 Å². The molecule has 0 aliphatic heterocycles. The number of carboxylic acids is 1. The van der Waals surface area contributed by atoms with Gasteiger partial charge in [-0.15, -0.1) is 0 Å². The van der Waals surface area contributed by atoms with Crippen LogP contribution in [0.25, 0.3) is 10.9 Å². The third-order valence-corrected chi connectivity index (χ3v) is 3.86. The first-order chi connectivity index (χ1) is 11.5. The van der Waals surface area contributed by atoms with Gasteiger partial charge < -0.3 is 19.8 Å². The summed E-state index contributed by atoms with van der Waals surface area (Å²) in [4.78, 5) is 26.6. The number of carbonyl (C=O) groups is 2. The van der Waals surface area contributed by atoms with Crippen LogP contribution >= 0.6 is 0 Å². The van der Waals surface area contributed by atoms with E-state index in [1.807, 2.05) is 0 Å². The van der Waals surface area contributed by atoms with Crippen LogP contribution in [-0.4, -0.2) is 28.0 Å². The van der Waals surface area contributed by atoms with E-state index in [2.05, 4.69) is 10.3 Å². The predicted molar refractivity (Wildman–Crippen MR) is 84.3 cm³/mol. The number of furan rings is 1. The van der Waals surface area contributed by atoms with Crippen molar-refractivity contribution in [2.75, 3.05) is 0 Å². The van der Waals surface area contributed by atoms with Crippen LogP contribution in [0.4, 0.5) is 4.39 Å². The molecular weight excluding hydrogens is 315 g/mol. The summed E-state index contributed by atoms with van der Waals surface area (Å²) in [7, 11) is 0. The van der Waals surface area contributed by atoms with E-state index < -0.39 is 17.9 Å². The van der Waals surface area contributed by atoms with Crippen LogP contribution in [0, 0.1) is 12.7 Å². The van der Waals surface area contributed by atoms with E-state index in [0.29, 0.717) is 22.4 Å². The number of aromatic nitrogens is 1. The second-order valence-corrected chi connectivity index (χ2v) is 5.46. The molecule has 0 unspecified atom stereocenters. The van der Waals surface area contributed by atoms with Gasteiger partial charge in [-0.2, -0.15) is 0 Å². The molecule has 3 N–H and O–H groups in total. The number of aliphatic carboxylic acids is 1. The molecule has 24 heavy (non-hydrogen) atoms. The zero-order valence-corrected chi connectivity index (χ0v) is 12.8. The van der Waals surface area contributed by atoms with E-state index >= 15 is 0 Å². The fourth-order valence-corrected chi connectivity index (χ4v) is 2.60. The van der Waals surface area contributed by atoms with Gasteiger partial charge in [-0.1, -0.05) is 0 Å². The number of amides is 1. The molecule has 0 saturated carbocycles. The predicted octanol–water partition coefficient (Wildman–Crippen LogP) is 2.63. The Bertz CT molecular complexity index is 912. The SMILES string of the molecule is Cc1occc1C(=O)N[C@H](Cc1c[nH]c2cc(F)ccc12)C(=O)O. The van der Waals surface area contributed by atoms with Gasteiger partial charge in [0, 0.05) is 23.5 Å². The molecule has 0 aliphatic rings. The number of hydrogen-bond donors (Lipinski definition) is 3. The lowest BCUT2D eigenvalue weighted by atomic mass is 10.0. The van der Waals surface area contributed by atoms with Gasteiger partial charge in [-0.3, -0.25) is 4.79 Å². The number of rotatable bonds is 5. The summed E-state index contributed by atoms with van der Waals surface area (Å²) in [6, 6.07) is 4.59. The van der Waals surface area contributed by atoms with Crippen molar-refractivity contribution < 1.29 is 23.5 Å². The lowest BCUT2D eigenvalue weighted by molar-refractivity contribution is -0.139. The van der Waals surface area contributed by atoms with Crippen LogP contribution in [0.15, 0.2) is 41.1 Å². The molecule has 0 saturated heterocycles. The smallest absolute Gasteiger partial charge is 0.326 e. The minimum atomic E-state index is -1.15. The number of hydrogen-bond acceptors (Lipinski definition) is 3. The zero-order chi connectivity index (χ0) is 17.3. The van der Waals surface area contributed by atoms with Gasteiger partial charge >= 0.3 is 5.97 Å². The van der Waals surface area contributed by atoms with Crippen LogP contribution in [0.3, 0.4) is 0 Å². The van der Waals surface area contributed by atoms with Gasteiger partial charge in [0.25, 0.3) is 5.91 Å². The maximum Gasteiger partial charge on any atom is 0.326 e. The van der Waals surface area contributed by atoms with Gasteiger partial charge in [0.15, 0.2) is 0 Å². The summed E-state index contributed by atoms with van der Waals surface area (Å²) in [6.07, 6.45) is 3.06. The first kappa shape index (κ1) is 15.8. The number of fused-ring (bicyclic) bond motifs is 1. The third-order valence-electron chi connectivity index (χ3n) is 3.86. The molecule has 0 radical (unpaired) electrons. The standard InChI is InChI=1S/C17H15FN2O4/c1-9-12(4-5-24-9)16(21)20-15(17(22)23)6-10-8-19-14-7-11(18)2-3-13(10)14/h2-5,7-8,15,19H,6H2,1H3,(H,20,21)(H,22,23)/t15-/m1/s1. The zero-order valence-electron chi connectivity index (χ0n) is 12.8. The van der Waals surface area contributed by atoms with E-state index in [1.54, 1.807) is 19.2 Å². The normalized spacial score (nSPS) is 12.2. The Balaban J connectivity index is 1.82. The minimum absolute atomic E-state index is 0.0730. The van der Waals surface area contributed by atoms with Gasteiger partial charge in [0.1, 0.15) is 17.6 Å². The molecule has 0 bridgehead atoms. The average molecular weight is 330 g/mol. The Morgan fingerprint density at radius 2 is 2.17 bits per heavy atom. The fraction of sp³-hybridized carbons (Fsp3) is 0.176. The lowest BCUT2D eigenvalue weighted by Gasteiger charge is -2.14. The Hall–Kier alpha value is -3.09. The lowest BCUT2D eigenvalue weighted by Crippen LogP contribution is -2.42. The molecule has 3 aromatic rings. The largest absolute Gasteiger partial charge is 0.480 e. The number of aryl methyl sites for hydroxylation is 1. The number of benzene rings is 1. The maximum atomic E-state index is 13.2. The highest BCUT2D eigenvalue weighted by Crippen LogP contribution is 2.21. The summed E-state index contributed by atoms with van der Waals surface area (Å²) in [5, 5.41) is 12.6. The third kappa shape index (κ3) is 3.01. The number of H-pyrrole nitrogens is 1. The van der Waals surface area contributed by atoms with Crippen molar-refractivity contribution >= 4 is 22.8 Å². The Kier molecular flexibility index (Phi) is 4.07. The minimum Gasteiger partial charge on any atom is -0.480 e. The highest BCUT2D eigenvalue weighted by molar-refractivity contribution is 5.97. The van der Waals surface area contributed by atoms with Crippen molar-refractivity contribution in [1.29, 1.82) is 0 Å². The number of carbonyl (C=O) groups excluding carboxylic acids is 1. The van der Waals surface area contributed by atoms with Gasteiger partial charge in [0.05, 0.1) is 11.8 Å². The topological polar surface area (TPSA) is 95.3 Å². The second-order valence-electron chi connectivity index (χ2n) is 5.46. The van der Waals surface area contributed by atoms with Gasteiger partial charge in [0.2, 0.25) is 0 Å². The molecule has 124 valence electrons. The van der Waals surface area contributed by atoms with Crippen LogP contribution < -0.4 is 5.32 Å². The van der Waals surface area contributed by atoms with Crippen molar-refractivity contribution in [2.45, 2.75) is 19.4 Å². The molecule has 2 heterocycles. The molecule has 0 aliphatic carbocycles. The molecule has 2 aromatic heterocycles.